The number of rotatable bonds is 7. The summed E-state index contributed by atoms with van der Waals surface area (Å²) in [6.45, 7) is 0.0568. The van der Waals surface area contributed by atoms with Crippen molar-refractivity contribution in [2.24, 2.45) is 0 Å². The highest BCUT2D eigenvalue weighted by molar-refractivity contribution is 5.96. The van der Waals surface area contributed by atoms with Gasteiger partial charge >= 0.3 is 0 Å². The number of nitrogens with zero attached hydrogens (tertiary/aromatic N) is 1. The first kappa shape index (κ1) is 19.5. The maximum absolute atomic E-state index is 13.5. The van der Waals surface area contributed by atoms with Gasteiger partial charge in [-0.05, 0) is 31.8 Å². The lowest BCUT2D eigenvalue weighted by molar-refractivity contribution is -0.120. The van der Waals surface area contributed by atoms with Gasteiger partial charge in [-0.3, -0.25) is 9.59 Å². The Morgan fingerprint density at radius 3 is 2.35 bits per heavy atom. The molecule has 0 aliphatic heterocycles. The average Bonchev–Trinajstić information content (AvgIpc) is 2.60. The Hall–Kier alpha value is -2.80. The number of carbonyl (C=O) groups excluding carboxylic acids is 2. The van der Waals surface area contributed by atoms with Gasteiger partial charge in [0.2, 0.25) is 5.91 Å². The van der Waals surface area contributed by atoms with Crippen molar-refractivity contribution in [2.75, 3.05) is 27.2 Å². The van der Waals surface area contributed by atoms with E-state index in [0.717, 1.165) is 17.7 Å². The summed E-state index contributed by atoms with van der Waals surface area (Å²) in [7, 11) is 3.81. The molecule has 2 rings (SSSR count). The molecule has 5 nitrogen and oxygen atoms in total. The molecule has 0 saturated heterocycles. The van der Waals surface area contributed by atoms with Crippen LogP contribution in [0, 0.1) is 11.6 Å². The summed E-state index contributed by atoms with van der Waals surface area (Å²) in [5.41, 5.74) is 0.741. The Morgan fingerprint density at radius 1 is 1.04 bits per heavy atom. The lowest BCUT2D eigenvalue weighted by Gasteiger charge is -2.25. The van der Waals surface area contributed by atoms with Gasteiger partial charge in [0.1, 0.15) is 11.6 Å². The van der Waals surface area contributed by atoms with Crippen LogP contribution in [0.2, 0.25) is 0 Å². The molecular formula is C19H21F2N3O2. The topological polar surface area (TPSA) is 61.4 Å². The molecule has 2 N–H and O–H groups in total. The molecular weight excluding hydrogens is 340 g/mol. The highest BCUT2D eigenvalue weighted by atomic mass is 19.1. The van der Waals surface area contributed by atoms with Crippen molar-refractivity contribution in [1.29, 1.82) is 0 Å². The highest BCUT2D eigenvalue weighted by Gasteiger charge is 2.16. The number of nitrogens with one attached hydrogen (secondary N) is 2. The fourth-order valence-electron chi connectivity index (χ4n) is 2.48. The zero-order chi connectivity index (χ0) is 19.1. The second-order valence-electron chi connectivity index (χ2n) is 6.00. The minimum Gasteiger partial charge on any atom is -0.353 e. The van der Waals surface area contributed by atoms with E-state index in [-0.39, 0.29) is 18.2 Å². The van der Waals surface area contributed by atoms with E-state index in [2.05, 4.69) is 10.6 Å². The molecule has 0 aromatic heterocycles. The maximum atomic E-state index is 13.5. The summed E-state index contributed by atoms with van der Waals surface area (Å²) >= 11 is 0. The van der Waals surface area contributed by atoms with E-state index >= 15 is 0 Å². The van der Waals surface area contributed by atoms with E-state index in [1.54, 1.807) is 0 Å². The van der Waals surface area contributed by atoms with Crippen LogP contribution < -0.4 is 10.6 Å². The van der Waals surface area contributed by atoms with Crippen LogP contribution in [0.15, 0.2) is 48.5 Å². The van der Waals surface area contributed by atoms with Crippen molar-refractivity contribution in [3.05, 3.63) is 71.3 Å². The third-order valence-corrected chi connectivity index (χ3v) is 3.89. The normalized spacial score (nSPS) is 11.9. The van der Waals surface area contributed by atoms with Gasteiger partial charge in [-0.1, -0.05) is 30.3 Å². The van der Waals surface area contributed by atoms with Crippen molar-refractivity contribution in [1.82, 2.24) is 15.5 Å². The van der Waals surface area contributed by atoms with E-state index in [4.69, 9.17) is 0 Å². The van der Waals surface area contributed by atoms with Crippen LogP contribution in [0.25, 0.3) is 0 Å². The number of benzene rings is 2. The largest absolute Gasteiger partial charge is 0.353 e. The average molecular weight is 361 g/mol. The second-order valence-corrected chi connectivity index (χ2v) is 6.00. The quantitative estimate of drug-likeness (QED) is 0.794. The first-order valence-corrected chi connectivity index (χ1v) is 8.10. The Bertz CT molecular complexity index is 767. The molecule has 0 saturated carbocycles. The minimum atomic E-state index is -0.973. The molecule has 26 heavy (non-hydrogen) atoms. The number of hydrogen-bond donors (Lipinski definition) is 2. The lowest BCUT2D eigenvalue weighted by atomic mass is 10.1. The molecule has 138 valence electrons. The Morgan fingerprint density at radius 2 is 1.73 bits per heavy atom. The third kappa shape index (κ3) is 5.35. The van der Waals surface area contributed by atoms with Gasteiger partial charge in [-0.2, -0.15) is 0 Å². The summed E-state index contributed by atoms with van der Waals surface area (Å²) < 4.78 is 26.4. The van der Waals surface area contributed by atoms with E-state index < -0.39 is 23.4 Å². The summed E-state index contributed by atoms with van der Waals surface area (Å²) in [6.07, 6.45) is 0. The molecule has 2 amide bonds. The van der Waals surface area contributed by atoms with E-state index in [1.807, 2.05) is 49.3 Å². The predicted octanol–water partition coefficient (Wildman–Crippen LogP) is 2.11. The molecule has 0 fully saturated rings. The van der Waals surface area contributed by atoms with Crippen molar-refractivity contribution in [3.8, 4) is 0 Å². The minimum absolute atomic E-state index is 0.0228. The monoisotopic (exact) mass is 361 g/mol. The molecule has 1 unspecified atom stereocenters. The van der Waals surface area contributed by atoms with Gasteiger partial charge in [-0.25, -0.2) is 8.78 Å². The number of carbonyl (C=O) groups is 2. The lowest BCUT2D eigenvalue weighted by Crippen LogP contribution is -2.40. The first-order valence-electron chi connectivity index (χ1n) is 8.10. The molecule has 0 aliphatic carbocycles. The molecule has 0 bridgehead atoms. The predicted molar refractivity (Wildman–Crippen MR) is 94.6 cm³/mol. The molecule has 0 heterocycles. The van der Waals surface area contributed by atoms with Crippen LogP contribution in [0.1, 0.15) is 22.0 Å². The van der Waals surface area contributed by atoms with Gasteiger partial charge in [0.25, 0.3) is 5.91 Å². The van der Waals surface area contributed by atoms with Crippen LogP contribution in [0.3, 0.4) is 0 Å². The summed E-state index contributed by atoms with van der Waals surface area (Å²) in [5.74, 6) is -2.92. The van der Waals surface area contributed by atoms with Gasteiger partial charge in [0.05, 0.1) is 18.2 Å². The first-order chi connectivity index (χ1) is 12.4. The van der Waals surface area contributed by atoms with Crippen LogP contribution in [-0.2, 0) is 4.79 Å². The van der Waals surface area contributed by atoms with Crippen LogP contribution in [-0.4, -0.2) is 43.9 Å². The Labute approximate surface area is 151 Å². The Balaban J connectivity index is 1.87. The van der Waals surface area contributed by atoms with E-state index in [1.165, 1.54) is 0 Å². The van der Waals surface area contributed by atoms with Gasteiger partial charge < -0.3 is 15.5 Å². The molecule has 2 aromatic rings. The van der Waals surface area contributed by atoms with Crippen molar-refractivity contribution in [2.45, 2.75) is 6.04 Å². The zero-order valence-corrected chi connectivity index (χ0v) is 14.6. The molecule has 0 spiro atoms. The van der Waals surface area contributed by atoms with E-state index in [0.29, 0.717) is 12.6 Å². The number of halogens is 2. The number of hydrogen-bond acceptors (Lipinski definition) is 3. The second kappa shape index (κ2) is 9.05. The molecule has 0 aliphatic rings. The Kier molecular flexibility index (Phi) is 6.80. The number of likely N-dealkylation sites (N-methyl/N-ethyl adjacent to an activating group) is 1. The molecule has 0 radical (unpaired) electrons. The smallest absolute Gasteiger partial charge is 0.254 e. The molecule has 1 atom stereocenters. The van der Waals surface area contributed by atoms with Gasteiger partial charge in [-0.15, -0.1) is 0 Å². The summed E-state index contributed by atoms with van der Waals surface area (Å²) in [6, 6.07) is 12.3. The van der Waals surface area contributed by atoms with Gasteiger partial charge in [0, 0.05) is 12.6 Å². The van der Waals surface area contributed by atoms with Crippen LogP contribution in [0.4, 0.5) is 8.78 Å². The van der Waals surface area contributed by atoms with Crippen LogP contribution >= 0.6 is 0 Å². The van der Waals surface area contributed by atoms with Crippen LogP contribution in [0.5, 0.6) is 0 Å². The van der Waals surface area contributed by atoms with Crippen molar-refractivity contribution >= 4 is 11.8 Å². The highest BCUT2D eigenvalue weighted by Crippen LogP contribution is 2.16. The number of amides is 2. The maximum Gasteiger partial charge on any atom is 0.254 e. The summed E-state index contributed by atoms with van der Waals surface area (Å²) in [4.78, 5) is 25.8. The van der Waals surface area contributed by atoms with Gasteiger partial charge in [0.15, 0.2) is 0 Å². The van der Waals surface area contributed by atoms with Crippen molar-refractivity contribution in [3.63, 3.8) is 0 Å². The zero-order valence-electron chi connectivity index (χ0n) is 14.6. The fourth-order valence-corrected chi connectivity index (χ4v) is 2.48. The van der Waals surface area contributed by atoms with E-state index in [9.17, 15) is 18.4 Å². The third-order valence-electron chi connectivity index (χ3n) is 3.89. The molecule has 7 heteroatoms. The standard InChI is InChI=1S/C19H21F2N3O2/c1-24(2)17(13-6-4-3-5-7-13)11-22-18(25)12-23-19(26)15-9-8-14(20)10-16(15)21/h3-10,17H,11-12H2,1-2H3,(H,22,25)(H,23,26). The fraction of sp³-hybridized carbons (Fsp3) is 0.263. The molecule has 2 aromatic carbocycles. The summed E-state index contributed by atoms with van der Waals surface area (Å²) in [5, 5.41) is 5.07. The SMILES string of the molecule is CN(C)C(CNC(=O)CNC(=O)c1ccc(F)cc1F)c1ccccc1. The van der Waals surface area contributed by atoms with Crippen molar-refractivity contribution < 1.29 is 18.4 Å².